The topological polar surface area (TPSA) is 68.3 Å². The molecule has 0 aliphatic heterocycles. The molecule has 19 heavy (non-hydrogen) atoms. The minimum atomic E-state index is -0.499. The fourth-order valence-corrected chi connectivity index (χ4v) is 1.64. The Kier molecular flexibility index (Phi) is 6.59. The highest BCUT2D eigenvalue weighted by Gasteiger charge is 2.10. The van der Waals surface area contributed by atoms with Crippen LogP contribution in [0.2, 0.25) is 10.0 Å². The summed E-state index contributed by atoms with van der Waals surface area (Å²) in [6.45, 7) is 1.61. The van der Waals surface area contributed by atoms with Crippen LogP contribution in [0.3, 0.4) is 0 Å². The minimum Gasteiger partial charge on any atom is -0.456 e. The molecule has 1 rings (SSSR count). The highest BCUT2D eigenvalue weighted by molar-refractivity contribution is 6.36. The van der Waals surface area contributed by atoms with Crippen LogP contribution in [0.15, 0.2) is 12.3 Å². The van der Waals surface area contributed by atoms with E-state index in [0.717, 1.165) is 12.8 Å². The molecule has 1 aromatic heterocycles. The summed E-state index contributed by atoms with van der Waals surface area (Å²) in [6.07, 6.45) is 3.30. The third kappa shape index (κ3) is 5.89. The molecular formula is C12H14Cl2N2O3. The van der Waals surface area contributed by atoms with Crippen LogP contribution >= 0.6 is 23.2 Å². The van der Waals surface area contributed by atoms with Crippen molar-refractivity contribution in [3.05, 3.63) is 22.3 Å². The molecule has 1 aromatic rings. The van der Waals surface area contributed by atoms with Crippen LogP contribution in [0.5, 0.6) is 0 Å². The summed E-state index contributed by atoms with van der Waals surface area (Å²) >= 11 is 11.5. The van der Waals surface area contributed by atoms with Gasteiger partial charge in [0.2, 0.25) is 0 Å². The monoisotopic (exact) mass is 304 g/mol. The Balaban J connectivity index is 2.41. The van der Waals surface area contributed by atoms with Crippen molar-refractivity contribution in [1.82, 2.24) is 4.98 Å². The molecule has 0 bridgehead atoms. The third-order valence-electron chi connectivity index (χ3n) is 2.16. The lowest BCUT2D eigenvalue weighted by Crippen LogP contribution is -2.21. The lowest BCUT2D eigenvalue weighted by molar-refractivity contribution is -0.147. The molecule has 0 aromatic carbocycles. The first-order valence-corrected chi connectivity index (χ1v) is 6.55. The number of anilines is 1. The summed E-state index contributed by atoms with van der Waals surface area (Å²) in [5.74, 6) is -0.714. The molecule has 0 unspecified atom stereocenters. The fourth-order valence-electron chi connectivity index (χ4n) is 1.21. The molecule has 7 heteroatoms. The molecule has 0 fully saturated rings. The van der Waals surface area contributed by atoms with Crippen molar-refractivity contribution in [3.63, 3.8) is 0 Å². The maximum absolute atomic E-state index is 11.5. The Morgan fingerprint density at radius 1 is 1.42 bits per heavy atom. The van der Waals surface area contributed by atoms with Crippen LogP contribution in [0.1, 0.15) is 26.2 Å². The first-order valence-electron chi connectivity index (χ1n) is 5.79. The molecule has 0 aliphatic rings. The van der Waals surface area contributed by atoms with Gasteiger partial charge in [-0.1, -0.05) is 36.5 Å². The number of hydrogen-bond donors (Lipinski definition) is 1. The molecule has 0 radical (unpaired) electrons. The first-order chi connectivity index (χ1) is 9.02. The fraction of sp³-hybridized carbons (Fsp3) is 0.417. The lowest BCUT2D eigenvalue weighted by atomic mass is 10.2. The van der Waals surface area contributed by atoms with E-state index in [-0.39, 0.29) is 17.4 Å². The number of carbonyl (C=O) groups excluding carboxylic acids is 2. The number of esters is 1. The van der Waals surface area contributed by atoms with Crippen molar-refractivity contribution in [1.29, 1.82) is 0 Å². The number of amides is 1. The Bertz CT molecular complexity index is 466. The minimum absolute atomic E-state index is 0.181. The van der Waals surface area contributed by atoms with Gasteiger partial charge in [-0.3, -0.25) is 9.59 Å². The summed E-state index contributed by atoms with van der Waals surface area (Å²) in [7, 11) is 0. The molecular weight excluding hydrogens is 291 g/mol. The van der Waals surface area contributed by atoms with Crippen molar-refractivity contribution < 1.29 is 14.3 Å². The molecule has 0 saturated heterocycles. The summed E-state index contributed by atoms with van der Waals surface area (Å²) in [5, 5.41) is 3.02. The summed E-state index contributed by atoms with van der Waals surface area (Å²) in [5.41, 5.74) is 0. The smallest absolute Gasteiger partial charge is 0.306 e. The van der Waals surface area contributed by atoms with Crippen LogP contribution in [0.25, 0.3) is 0 Å². The SMILES string of the molecule is CCCCC(=O)OCC(=O)Nc1ncc(Cl)cc1Cl. The summed E-state index contributed by atoms with van der Waals surface area (Å²) < 4.78 is 4.79. The summed E-state index contributed by atoms with van der Waals surface area (Å²) in [6, 6.07) is 1.46. The van der Waals surface area contributed by atoms with Gasteiger partial charge in [-0.05, 0) is 12.5 Å². The van der Waals surface area contributed by atoms with Gasteiger partial charge in [-0.25, -0.2) is 4.98 Å². The Morgan fingerprint density at radius 2 is 2.16 bits per heavy atom. The quantitative estimate of drug-likeness (QED) is 0.820. The predicted molar refractivity (Wildman–Crippen MR) is 73.4 cm³/mol. The van der Waals surface area contributed by atoms with Crippen molar-refractivity contribution in [2.24, 2.45) is 0 Å². The molecule has 1 heterocycles. The van der Waals surface area contributed by atoms with E-state index in [1.54, 1.807) is 0 Å². The zero-order chi connectivity index (χ0) is 14.3. The number of nitrogens with zero attached hydrogens (tertiary/aromatic N) is 1. The van der Waals surface area contributed by atoms with Crippen molar-refractivity contribution in [2.75, 3.05) is 11.9 Å². The number of carbonyl (C=O) groups is 2. The molecule has 0 saturated carbocycles. The van der Waals surface area contributed by atoms with Crippen LogP contribution in [-0.2, 0) is 14.3 Å². The molecule has 104 valence electrons. The number of unbranched alkanes of at least 4 members (excludes halogenated alkanes) is 1. The van der Waals surface area contributed by atoms with Gasteiger partial charge in [0.25, 0.3) is 5.91 Å². The number of pyridine rings is 1. The van der Waals surface area contributed by atoms with E-state index in [9.17, 15) is 9.59 Å². The van der Waals surface area contributed by atoms with Crippen molar-refractivity contribution in [3.8, 4) is 0 Å². The van der Waals surface area contributed by atoms with Gasteiger partial charge in [0.1, 0.15) is 0 Å². The molecule has 0 spiro atoms. The number of ether oxygens (including phenoxy) is 1. The van der Waals surface area contributed by atoms with Gasteiger partial charge in [0.15, 0.2) is 12.4 Å². The van der Waals surface area contributed by atoms with E-state index < -0.39 is 11.9 Å². The van der Waals surface area contributed by atoms with Gasteiger partial charge < -0.3 is 10.1 Å². The van der Waals surface area contributed by atoms with E-state index in [0.29, 0.717) is 11.4 Å². The first kappa shape index (κ1) is 15.7. The average Bonchev–Trinajstić information content (AvgIpc) is 2.37. The normalized spacial score (nSPS) is 10.1. The van der Waals surface area contributed by atoms with E-state index in [2.05, 4.69) is 10.3 Å². The van der Waals surface area contributed by atoms with Gasteiger partial charge >= 0.3 is 5.97 Å². The van der Waals surface area contributed by atoms with Crippen LogP contribution < -0.4 is 5.32 Å². The van der Waals surface area contributed by atoms with Gasteiger partial charge in [-0.15, -0.1) is 0 Å². The Morgan fingerprint density at radius 3 is 2.79 bits per heavy atom. The molecule has 5 nitrogen and oxygen atoms in total. The third-order valence-corrected chi connectivity index (χ3v) is 2.66. The number of rotatable bonds is 6. The van der Waals surface area contributed by atoms with Gasteiger partial charge in [0.05, 0.1) is 10.0 Å². The Labute approximate surface area is 121 Å². The largest absolute Gasteiger partial charge is 0.456 e. The molecule has 1 amide bonds. The molecule has 0 aliphatic carbocycles. The number of hydrogen-bond acceptors (Lipinski definition) is 4. The highest BCUT2D eigenvalue weighted by Crippen LogP contribution is 2.22. The van der Waals surface area contributed by atoms with E-state index >= 15 is 0 Å². The van der Waals surface area contributed by atoms with Crippen molar-refractivity contribution in [2.45, 2.75) is 26.2 Å². The second kappa shape index (κ2) is 7.96. The lowest BCUT2D eigenvalue weighted by Gasteiger charge is -2.07. The van der Waals surface area contributed by atoms with Gasteiger partial charge in [-0.2, -0.15) is 0 Å². The number of aromatic nitrogens is 1. The predicted octanol–water partition coefficient (Wildman–Crippen LogP) is 3.06. The molecule has 0 atom stereocenters. The van der Waals surface area contributed by atoms with E-state index in [1.807, 2.05) is 6.92 Å². The van der Waals surface area contributed by atoms with Crippen LogP contribution in [0.4, 0.5) is 5.82 Å². The second-order valence-electron chi connectivity index (χ2n) is 3.80. The zero-order valence-corrected chi connectivity index (χ0v) is 11.9. The van der Waals surface area contributed by atoms with E-state index in [1.165, 1.54) is 12.3 Å². The average molecular weight is 305 g/mol. The van der Waals surface area contributed by atoms with Crippen molar-refractivity contribution >= 4 is 40.9 Å². The maximum atomic E-state index is 11.5. The highest BCUT2D eigenvalue weighted by atomic mass is 35.5. The number of nitrogens with one attached hydrogen (secondary N) is 1. The van der Waals surface area contributed by atoms with Crippen LogP contribution in [-0.4, -0.2) is 23.5 Å². The standard InChI is InChI=1S/C12H14Cl2N2O3/c1-2-3-4-11(18)19-7-10(17)16-12-9(14)5-8(13)6-15-12/h5-6H,2-4,7H2,1H3,(H,15,16,17). The van der Waals surface area contributed by atoms with Crippen LogP contribution in [0, 0.1) is 0 Å². The summed E-state index contributed by atoms with van der Waals surface area (Å²) in [4.78, 5) is 26.6. The maximum Gasteiger partial charge on any atom is 0.306 e. The zero-order valence-electron chi connectivity index (χ0n) is 10.4. The number of halogens is 2. The van der Waals surface area contributed by atoms with E-state index in [4.69, 9.17) is 27.9 Å². The Hall–Kier alpha value is -1.33. The second-order valence-corrected chi connectivity index (χ2v) is 4.64. The molecule has 1 N–H and O–H groups in total. The van der Waals surface area contributed by atoms with Gasteiger partial charge in [0, 0.05) is 12.6 Å².